The molecule has 1 heterocycles. The fourth-order valence-electron chi connectivity index (χ4n) is 2.76. The van der Waals surface area contributed by atoms with Crippen LogP contribution in [0.15, 0.2) is 28.7 Å². The zero-order chi connectivity index (χ0) is 14.4. The molecule has 1 fully saturated rings. The molecule has 0 aliphatic carbocycles. The van der Waals surface area contributed by atoms with Crippen molar-refractivity contribution in [2.24, 2.45) is 5.73 Å². The van der Waals surface area contributed by atoms with Crippen molar-refractivity contribution in [3.05, 3.63) is 34.3 Å². The van der Waals surface area contributed by atoms with Crippen LogP contribution in [0.1, 0.15) is 37.8 Å². The minimum Gasteiger partial charge on any atom is -0.378 e. The molecule has 0 bridgehead atoms. The van der Waals surface area contributed by atoms with Crippen LogP contribution >= 0.6 is 15.9 Å². The van der Waals surface area contributed by atoms with Gasteiger partial charge in [-0.25, -0.2) is 0 Å². The second-order valence-corrected chi connectivity index (χ2v) is 6.36. The van der Waals surface area contributed by atoms with Gasteiger partial charge in [-0.15, -0.1) is 0 Å². The first-order chi connectivity index (χ1) is 9.69. The fraction of sp³-hybridized carbons (Fsp3) is 0.625. The lowest BCUT2D eigenvalue weighted by Gasteiger charge is -2.32. The van der Waals surface area contributed by atoms with E-state index in [1.165, 1.54) is 5.56 Å². The molecule has 20 heavy (non-hydrogen) atoms. The van der Waals surface area contributed by atoms with Gasteiger partial charge in [-0.2, -0.15) is 0 Å². The van der Waals surface area contributed by atoms with Gasteiger partial charge in [0.05, 0.1) is 6.10 Å². The average molecular weight is 341 g/mol. The Morgan fingerprint density at radius 1 is 1.40 bits per heavy atom. The number of benzene rings is 1. The summed E-state index contributed by atoms with van der Waals surface area (Å²) in [6.07, 6.45) is 3.78. The number of piperidine rings is 1. The first kappa shape index (κ1) is 16.0. The number of nitrogens with zero attached hydrogens (tertiary/aromatic N) is 1. The molecule has 4 heteroatoms. The second-order valence-electron chi connectivity index (χ2n) is 5.45. The van der Waals surface area contributed by atoms with Gasteiger partial charge in [0, 0.05) is 30.2 Å². The summed E-state index contributed by atoms with van der Waals surface area (Å²) in [5.74, 6) is 0. The normalized spacial score (nSPS) is 19.1. The van der Waals surface area contributed by atoms with Gasteiger partial charge >= 0.3 is 0 Å². The molecule has 1 saturated heterocycles. The van der Waals surface area contributed by atoms with Crippen molar-refractivity contribution in [1.29, 1.82) is 0 Å². The van der Waals surface area contributed by atoms with E-state index < -0.39 is 0 Å². The van der Waals surface area contributed by atoms with Gasteiger partial charge in [-0.3, -0.25) is 0 Å². The number of halogens is 1. The van der Waals surface area contributed by atoms with Crippen LogP contribution < -0.4 is 5.73 Å². The lowest BCUT2D eigenvalue weighted by molar-refractivity contribution is 0.0138. The molecule has 1 aromatic rings. The Labute approximate surface area is 130 Å². The maximum Gasteiger partial charge on any atom is 0.0599 e. The van der Waals surface area contributed by atoms with Gasteiger partial charge < -0.3 is 15.4 Å². The Balaban J connectivity index is 1.73. The molecule has 1 aliphatic heterocycles. The maximum atomic E-state index is 6.28. The zero-order valence-corrected chi connectivity index (χ0v) is 13.8. The Hall–Kier alpha value is -0.420. The molecular formula is C16H25BrN2O. The van der Waals surface area contributed by atoms with Crippen LogP contribution in [0.4, 0.5) is 0 Å². The van der Waals surface area contributed by atoms with E-state index in [0.29, 0.717) is 6.10 Å². The SMILES string of the molecule is CCOC1CCN(CCC(N)c2cccc(Br)c2)CC1. The van der Waals surface area contributed by atoms with Crippen molar-refractivity contribution in [3.63, 3.8) is 0 Å². The Bertz CT molecular complexity index is 405. The van der Waals surface area contributed by atoms with E-state index in [9.17, 15) is 0 Å². The number of hydrogen-bond acceptors (Lipinski definition) is 3. The van der Waals surface area contributed by atoms with Crippen molar-refractivity contribution < 1.29 is 4.74 Å². The van der Waals surface area contributed by atoms with Crippen molar-refractivity contribution >= 4 is 15.9 Å². The third-order valence-corrected chi connectivity index (χ3v) is 4.46. The molecule has 0 amide bonds. The molecule has 3 nitrogen and oxygen atoms in total. The summed E-state index contributed by atoms with van der Waals surface area (Å²) in [5.41, 5.74) is 7.50. The van der Waals surface area contributed by atoms with Crippen LogP contribution in [-0.2, 0) is 4.74 Å². The van der Waals surface area contributed by atoms with E-state index in [1.54, 1.807) is 0 Å². The molecule has 0 aromatic heterocycles. The Kier molecular flexibility index (Phi) is 6.49. The topological polar surface area (TPSA) is 38.5 Å². The van der Waals surface area contributed by atoms with Crippen molar-refractivity contribution in [2.45, 2.75) is 38.3 Å². The van der Waals surface area contributed by atoms with Crippen LogP contribution in [0, 0.1) is 0 Å². The molecule has 112 valence electrons. The Morgan fingerprint density at radius 2 is 2.15 bits per heavy atom. The molecule has 1 unspecified atom stereocenters. The van der Waals surface area contributed by atoms with Gasteiger partial charge in [0.25, 0.3) is 0 Å². The van der Waals surface area contributed by atoms with Gasteiger partial charge in [0.1, 0.15) is 0 Å². The van der Waals surface area contributed by atoms with Crippen molar-refractivity contribution in [3.8, 4) is 0 Å². The smallest absolute Gasteiger partial charge is 0.0599 e. The second kappa shape index (κ2) is 8.13. The van der Waals surface area contributed by atoms with E-state index in [1.807, 2.05) is 12.1 Å². The molecular weight excluding hydrogens is 316 g/mol. The number of rotatable bonds is 6. The third kappa shape index (κ3) is 4.85. The summed E-state index contributed by atoms with van der Waals surface area (Å²) < 4.78 is 6.78. The van der Waals surface area contributed by atoms with Gasteiger partial charge in [-0.1, -0.05) is 28.1 Å². The van der Waals surface area contributed by atoms with Gasteiger partial charge in [0.15, 0.2) is 0 Å². The van der Waals surface area contributed by atoms with E-state index in [-0.39, 0.29) is 6.04 Å². The Morgan fingerprint density at radius 3 is 2.80 bits per heavy atom. The highest BCUT2D eigenvalue weighted by molar-refractivity contribution is 9.10. The molecule has 2 N–H and O–H groups in total. The summed E-state index contributed by atoms with van der Waals surface area (Å²) in [6, 6.07) is 8.43. The summed E-state index contributed by atoms with van der Waals surface area (Å²) in [6.45, 7) is 6.25. The summed E-state index contributed by atoms with van der Waals surface area (Å²) >= 11 is 3.50. The lowest BCUT2D eigenvalue weighted by atomic mass is 10.0. The van der Waals surface area contributed by atoms with Gasteiger partial charge in [0.2, 0.25) is 0 Å². The van der Waals surface area contributed by atoms with Crippen LogP contribution in [0.3, 0.4) is 0 Å². The van der Waals surface area contributed by atoms with E-state index >= 15 is 0 Å². The van der Waals surface area contributed by atoms with Gasteiger partial charge in [-0.05, 0) is 50.4 Å². The molecule has 0 spiro atoms. The van der Waals surface area contributed by atoms with Crippen LogP contribution in [0.25, 0.3) is 0 Å². The highest BCUT2D eigenvalue weighted by Crippen LogP contribution is 2.20. The molecule has 1 aromatic carbocycles. The molecule has 2 rings (SSSR count). The third-order valence-electron chi connectivity index (χ3n) is 3.97. The van der Waals surface area contributed by atoms with Crippen LogP contribution in [0.5, 0.6) is 0 Å². The van der Waals surface area contributed by atoms with Crippen molar-refractivity contribution in [2.75, 3.05) is 26.2 Å². The number of hydrogen-bond donors (Lipinski definition) is 1. The first-order valence-corrected chi connectivity index (χ1v) is 8.33. The van der Waals surface area contributed by atoms with E-state index in [4.69, 9.17) is 10.5 Å². The lowest BCUT2D eigenvalue weighted by Crippen LogP contribution is -2.38. The average Bonchev–Trinajstić information content (AvgIpc) is 2.46. The highest BCUT2D eigenvalue weighted by atomic mass is 79.9. The predicted molar refractivity (Wildman–Crippen MR) is 86.8 cm³/mol. The predicted octanol–water partition coefficient (Wildman–Crippen LogP) is 3.34. The quantitative estimate of drug-likeness (QED) is 0.862. The van der Waals surface area contributed by atoms with E-state index in [2.05, 4.69) is 39.9 Å². The highest BCUT2D eigenvalue weighted by Gasteiger charge is 2.19. The number of ether oxygens (including phenoxy) is 1. The van der Waals surface area contributed by atoms with Crippen LogP contribution in [-0.4, -0.2) is 37.2 Å². The van der Waals surface area contributed by atoms with E-state index in [0.717, 1.165) is 50.0 Å². The van der Waals surface area contributed by atoms with Crippen molar-refractivity contribution in [1.82, 2.24) is 4.90 Å². The first-order valence-electron chi connectivity index (χ1n) is 7.54. The minimum atomic E-state index is 0.122. The zero-order valence-electron chi connectivity index (χ0n) is 12.2. The standard InChI is InChI=1S/C16H25BrN2O/c1-2-20-15-6-9-19(10-7-15)11-8-16(18)13-4-3-5-14(17)12-13/h3-5,12,15-16H,2,6-11,18H2,1H3. The number of nitrogens with two attached hydrogens (primary N) is 1. The summed E-state index contributed by atoms with van der Waals surface area (Å²) in [7, 11) is 0. The summed E-state index contributed by atoms with van der Waals surface area (Å²) in [4.78, 5) is 2.51. The molecule has 0 radical (unpaired) electrons. The summed E-state index contributed by atoms with van der Waals surface area (Å²) in [5, 5.41) is 0. The monoisotopic (exact) mass is 340 g/mol. The molecule has 1 aliphatic rings. The maximum absolute atomic E-state index is 6.28. The molecule has 0 saturated carbocycles. The molecule has 1 atom stereocenters. The largest absolute Gasteiger partial charge is 0.378 e. The number of likely N-dealkylation sites (tertiary alicyclic amines) is 1. The van der Waals surface area contributed by atoms with Crippen LogP contribution in [0.2, 0.25) is 0 Å². The minimum absolute atomic E-state index is 0.122. The fourth-order valence-corrected chi connectivity index (χ4v) is 3.18.